The van der Waals surface area contributed by atoms with Crippen molar-refractivity contribution < 1.29 is 13.2 Å². The number of hydrogen-bond acceptors (Lipinski definition) is 3. The van der Waals surface area contributed by atoms with Crippen LogP contribution in [0.25, 0.3) is 39.7 Å². The second kappa shape index (κ2) is 9.48. The lowest BCUT2D eigenvalue weighted by Gasteiger charge is -2.13. The second-order valence-electron chi connectivity index (χ2n) is 8.96. The molecular weight excluding hydrogens is 497 g/mol. The molecule has 186 valence electrons. The zero-order valence-electron chi connectivity index (χ0n) is 20.3. The molecule has 4 nitrogen and oxygen atoms in total. The fourth-order valence-corrected chi connectivity index (χ4v) is 4.28. The van der Waals surface area contributed by atoms with Gasteiger partial charge in [0.05, 0.1) is 16.4 Å². The lowest BCUT2D eigenvalue weighted by atomic mass is 10.1. The van der Waals surface area contributed by atoms with Crippen LogP contribution >= 0.6 is 11.6 Å². The topological polar surface area (TPSA) is 43.6 Å². The van der Waals surface area contributed by atoms with Crippen LogP contribution in [0.1, 0.15) is 22.4 Å². The Morgan fingerprint density at radius 2 is 1.16 bits per heavy atom. The van der Waals surface area contributed by atoms with Crippen LogP contribution in [-0.4, -0.2) is 19.7 Å². The highest BCUT2D eigenvalue weighted by Gasteiger charge is 2.34. The maximum Gasteiger partial charge on any atom is 0.433 e. The third-order valence-electron chi connectivity index (χ3n) is 6.02. The normalized spacial score (nSPS) is 11.6. The number of hydrogen-bond donors (Lipinski definition) is 0. The molecule has 0 N–H and O–H groups in total. The number of nitrogens with zero attached hydrogens (tertiary/aromatic N) is 4. The molecule has 0 spiro atoms. The molecule has 0 atom stereocenters. The van der Waals surface area contributed by atoms with E-state index in [0.717, 1.165) is 28.3 Å². The van der Waals surface area contributed by atoms with Crippen LogP contribution in [0.4, 0.5) is 13.2 Å². The predicted octanol–water partition coefficient (Wildman–Crippen LogP) is 8.26. The SMILES string of the molecule is Cc1ccc(-c2cc(C(F)(F)F)nc(-n3nc(-c4ccc(C)cc4)c(Cl)c3-c3ccc(C)cc3)n2)cc1. The van der Waals surface area contributed by atoms with Crippen molar-refractivity contribution >= 4 is 11.6 Å². The van der Waals surface area contributed by atoms with Crippen molar-refractivity contribution in [3.63, 3.8) is 0 Å². The first-order valence-corrected chi connectivity index (χ1v) is 11.9. The molecule has 37 heavy (non-hydrogen) atoms. The third kappa shape index (κ3) is 5.00. The van der Waals surface area contributed by atoms with E-state index in [-0.39, 0.29) is 11.6 Å². The average molecular weight is 519 g/mol. The molecule has 3 aromatic carbocycles. The first-order chi connectivity index (χ1) is 17.6. The maximum absolute atomic E-state index is 14.0. The molecule has 8 heteroatoms. The van der Waals surface area contributed by atoms with Crippen molar-refractivity contribution in [2.75, 3.05) is 0 Å². The maximum atomic E-state index is 14.0. The Kier molecular flexibility index (Phi) is 6.33. The van der Waals surface area contributed by atoms with E-state index in [0.29, 0.717) is 27.5 Å². The molecule has 0 bridgehead atoms. The molecule has 0 aliphatic heterocycles. The molecule has 0 amide bonds. The van der Waals surface area contributed by atoms with E-state index < -0.39 is 11.9 Å². The molecule has 2 aromatic heterocycles. The monoisotopic (exact) mass is 518 g/mol. The predicted molar refractivity (Wildman–Crippen MR) is 140 cm³/mol. The first kappa shape index (κ1) is 24.7. The number of aryl methyl sites for hydroxylation is 3. The summed E-state index contributed by atoms with van der Waals surface area (Å²) in [6.07, 6.45) is -4.68. The Morgan fingerprint density at radius 3 is 1.68 bits per heavy atom. The Morgan fingerprint density at radius 1 is 0.676 bits per heavy atom. The quantitative estimate of drug-likeness (QED) is 0.240. The molecule has 0 aliphatic rings. The number of rotatable bonds is 4. The standard InChI is InChI=1S/C29H22ClF3N4/c1-17-4-10-20(11-5-17)23-16-24(29(31,32)33)35-28(34-23)37-27(22-14-8-19(3)9-15-22)25(30)26(36-37)21-12-6-18(2)7-13-21/h4-16H,1-3H3. The summed E-state index contributed by atoms with van der Waals surface area (Å²) in [7, 11) is 0. The molecule has 0 unspecified atom stereocenters. The smallest absolute Gasteiger partial charge is 0.211 e. The van der Waals surface area contributed by atoms with Crippen LogP contribution in [0.5, 0.6) is 0 Å². The highest BCUT2D eigenvalue weighted by Crippen LogP contribution is 2.39. The largest absolute Gasteiger partial charge is 0.433 e. The summed E-state index contributed by atoms with van der Waals surface area (Å²) < 4.78 is 43.2. The van der Waals surface area contributed by atoms with E-state index in [1.54, 1.807) is 12.1 Å². The molecule has 0 fully saturated rings. The Balaban J connectivity index is 1.78. The van der Waals surface area contributed by atoms with Gasteiger partial charge in [0.15, 0.2) is 5.69 Å². The molecule has 5 rings (SSSR count). The Bertz CT molecular complexity index is 1570. The molecule has 0 saturated heterocycles. The van der Waals surface area contributed by atoms with Crippen LogP contribution in [-0.2, 0) is 6.18 Å². The van der Waals surface area contributed by atoms with Gasteiger partial charge in [-0.3, -0.25) is 0 Å². The summed E-state index contributed by atoms with van der Waals surface area (Å²) in [5.74, 6) is -0.221. The van der Waals surface area contributed by atoms with Gasteiger partial charge in [-0.25, -0.2) is 9.97 Å². The number of aromatic nitrogens is 4. The van der Waals surface area contributed by atoms with E-state index in [1.807, 2.05) is 81.4 Å². The van der Waals surface area contributed by atoms with Crippen LogP contribution in [0.2, 0.25) is 5.02 Å². The van der Waals surface area contributed by atoms with Crippen molar-refractivity contribution in [2.45, 2.75) is 26.9 Å². The minimum atomic E-state index is -4.68. The van der Waals surface area contributed by atoms with E-state index in [4.69, 9.17) is 11.6 Å². The lowest BCUT2D eigenvalue weighted by molar-refractivity contribution is -0.141. The van der Waals surface area contributed by atoms with Gasteiger partial charge in [-0.15, -0.1) is 0 Å². The van der Waals surface area contributed by atoms with Crippen LogP contribution in [0.3, 0.4) is 0 Å². The molecule has 0 radical (unpaired) electrons. The fourth-order valence-electron chi connectivity index (χ4n) is 3.95. The average Bonchev–Trinajstić information content (AvgIpc) is 3.21. The summed E-state index contributed by atoms with van der Waals surface area (Å²) in [5, 5.41) is 4.94. The fraction of sp³-hybridized carbons (Fsp3) is 0.138. The minimum absolute atomic E-state index is 0.135. The third-order valence-corrected chi connectivity index (χ3v) is 6.38. The van der Waals surface area contributed by atoms with Gasteiger partial charge in [-0.2, -0.15) is 23.0 Å². The van der Waals surface area contributed by atoms with Crippen molar-refractivity contribution in [1.29, 1.82) is 0 Å². The molecule has 0 saturated carbocycles. The zero-order chi connectivity index (χ0) is 26.3. The summed E-state index contributed by atoms with van der Waals surface area (Å²) in [6, 6.07) is 23.2. The van der Waals surface area contributed by atoms with Gasteiger partial charge in [0.1, 0.15) is 5.69 Å². The van der Waals surface area contributed by atoms with Crippen molar-refractivity contribution in [3.8, 4) is 39.7 Å². The number of benzene rings is 3. The van der Waals surface area contributed by atoms with Gasteiger partial charge < -0.3 is 0 Å². The number of alkyl halides is 3. The molecule has 2 heterocycles. The highest BCUT2D eigenvalue weighted by atomic mass is 35.5. The summed E-state index contributed by atoms with van der Waals surface area (Å²) >= 11 is 6.87. The van der Waals surface area contributed by atoms with Crippen molar-refractivity contribution in [1.82, 2.24) is 19.7 Å². The Hall–Kier alpha value is -3.97. The van der Waals surface area contributed by atoms with Crippen molar-refractivity contribution in [2.24, 2.45) is 0 Å². The van der Waals surface area contributed by atoms with E-state index in [2.05, 4.69) is 15.1 Å². The molecular formula is C29H22ClF3N4. The van der Waals surface area contributed by atoms with E-state index in [1.165, 1.54) is 4.68 Å². The van der Waals surface area contributed by atoms with Gasteiger partial charge >= 0.3 is 6.18 Å². The second-order valence-corrected chi connectivity index (χ2v) is 9.34. The summed E-state index contributed by atoms with van der Waals surface area (Å²) in [6.45, 7) is 5.82. The van der Waals surface area contributed by atoms with Gasteiger partial charge in [0.25, 0.3) is 5.95 Å². The molecule has 0 aliphatic carbocycles. The Labute approximate surface area is 217 Å². The lowest BCUT2D eigenvalue weighted by Crippen LogP contribution is -2.14. The zero-order valence-corrected chi connectivity index (χ0v) is 21.1. The number of halogens is 4. The first-order valence-electron chi connectivity index (χ1n) is 11.6. The summed E-state index contributed by atoms with van der Waals surface area (Å²) in [5.41, 5.74) is 4.92. The highest BCUT2D eigenvalue weighted by molar-refractivity contribution is 6.35. The van der Waals surface area contributed by atoms with Gasteiger partial charge in [-0.1, -0.05) is 101 Å². The van der Waals surface area contributed by atoms with Crippen LogP contribution in [0.15, 0.2) is 78.9 Å². The van der Waals surface area contributed by atoms with E-state index >= 15 is 0 Å². The van der Waals surface area contributed by atoms with Crippen molar-refractivity contribution in [3.05, 3.63) is 106 Å². The van der Waals surface area contributed by atoms with E-state index in [9.17, 15) is 13.2 Å². The van der Waals surface area contributed by atoms with Crippen LogP contribution < -0.4 is 0 Å². The van der Waals surface area contributed by atoms with Gasteiger partial charge in [0.2, 0.25) is 0 Å². The minimum Gasteiger partial charge on any atom is -0.211 e. The van der Waals surface area contributed by atoms with Gasteiger partial charge in [0, 0.05) is 16.7 Å². The summed E-state index contributed by atoms with van der Waals surface area (Å²) in [4.78, 5) is 8.40. The molecule has 5 aromatic rings. The van der Waals surface area contributed by atoms with Gasteiger partial charge in [-0.05, 0) is 26.8 Å². The van der Waals surface area contributed by atoms with Crippen LogP contribution in [0, 0.1) is 20.8 Å².